The molecule has 0 bridgehead atoms. The number of halogens is 3. The van der Waals surface area contributed by atoms with Crippen molar-refractivity contribution in [3.05, 3.63) is 34.4 Å². The maximum Gasteiger partial charge on any atom is 0.417 e. The molecule has 0 aromatic heterocycles. The van der Waals surface area contributed by atoms with Gasteiger partial charge in [-0.3, -0.25) is 4.79 Å². The number of hydrogen-bond donors (Lipinski definition) is 1. The van der Waals surface area contributed by atoms with Gasteiger partial charge >= 0.3 is 12.1 Å². The largest absolute Gasteiger partial charge is 0.466 e. The van der Waals surface area contributed by atoms with E-state index in [0.29, 0.717) is 0 Å². The number of rotatable bonds is 4. The maximum absolute atomic E-state index is 13.1. The summed E-state index contributed by atoms with van der Waals surface area (Å²) >= 11 is 0. The van der Waals surface area contributed by atoms with E-state index >= 15 is 0 Å². The quantitative estimate of drug-likeness (QED) is 0.862. The van der Waals surface area contributed by atoms with Gasteiger partial charge in [0.15, 0.2) is 0 Å². The second-order valence-corrected chi connectivity index (χ2v) is 3.88. The monoisotopic (exact) mass is 287 g/mol. The van der Waals surface area contributed by atoms with Crippen LogP contribution in [0.1, 0.15) is 29.2 Å². The SMILES string of the molecule is CCOC(=O)Cc1ccc(CO)c(C#N)c1C(F)(F)F. The van der Waals surface area contributed by atoms with Crippen molar-refractivity contribution < 1.29 is 27.8 Å². The highest BCUT2D eigenvalue weighted by atomic mass is 19.4. The number of carbonyl (C=O) groups is 1. The molecule has 0 unspecified atom stereocenters. The van der Waals surface area contributed by atoms with Crippen molar-refractivity contribution in [2.75, 3.05) is 6.61 Å². The molecule has 0 radical (unpaired) electrons. The summed E-state index contributed by atoms with van der Waals surface area (Å²) in [6.07, 6.45) is -5.37. The molecular formula is C13H12F3NO3. The molecule has 0 aliphatic rings. The molecule has 0 heterocycles. The van der Waals surface area contributed by atoms with Gasteiger partial charge in [-0.15, -0.1) is 0 Å². The normalized spacial score (nSPS) is 11.0. The average molecular weight is 287 g/mol. The van der Waals surface area contributed by atoms with Gasteiger partial charge in [-0.1, -0.05) is 12.1 Å². The molecule has 1 rings (SSSR count). The van der Waals surface area contributed by atoms with E-state index in [0.717, 1.165) is 6.07 Å². The Hall–Kier alpha value is -2.07. The van der Waals surface area contributed by atoms with Crippen LogP contribution in [0.2, 0.25) is 0 Å². The van der Waals surface area contributed by atoms with Crippen molar-refractivity contribution in [1.29, 1.82) is 5.26 Å². The molecule has 7 heteroatoms. The van der Waals surface area contributed by atoms with E-state index in [1.165, 1.54) is 19.1 Å². The van der Waals surface area contributed by atoms with Gasteiger partial charge in [0.25, 0.3) is 0 Å². The van der Waals surface area contributed by atoms with Crippen LogP contribution >= 0.6 is 0 Å². The van der Waals surface area contributed by atoms with E-state index in [2.05, 4.69) is 4.74 Å². The minimum Gasteiger partial charge on any atom is -0.466 e. The first-order valence-electron chi connectivity index (χ1n) is 5.73. The van der Waals surface area contributed by atoms with Gasteiger partial charge in [-0.05, 0) is 18.1 Å². The van der Waals surface area contributed by atoms with Crippen LogP contribution < -0.4 is 0 Å². The number of nitriles is 1. The molecule has 0 saturated carbocycles. The molecule has 4 nitrogen and oxygen atoms in total. The highest BCUT2D eigenvalue weighted by Gasteiger charge is 2.37. The number of esters is 1. The molecular weight excluding hydrogens is 275 g/mol. The zero-order valence-electron chi connectivity index (χ0n) is 10.6. The number of carbonyl (C=O) groups excluding carboxylic acids is 1. The van der Waals surface area contributed by atoms with Gasteiger partial charge in [0.2, 0.25) is 0 Å². The molecule has 0 aliphatic heterocycles. The van der Waals surface area contributed by atoms with Gasteiger partial charge < -0.3 is 9.84 Å². The minimum atomic E-state index is -4.79. The summed E-state index contributed by atoms with van der Waals surface area (Å²) in [4.78, 5) is 11.3. The minimum absolute atomic E-state index is 0.0556. The fraction of sp³-hybridized carbons (Fsp3) is 0.385. The van der Waals surface area contributed by atoms with Crippen LogP contribution in [0.3, 0.4) is 0 Å². The topological polar surface area (TPSA) is 70.3 Å². The standard InChI is InChI=1S/C13H12F3NO3/c1-2-20-11(19)5-8-3-4-9(7-18)10(6-17)12(8)13(14,15)16/h3-4,18H,2,5,7H2,1H3. The number of nitrogens with zero attached hydrogens (tertiary/aromatic N) is 1. The average Bonchev–Trinajstić information content (AvgIpc) is 2.36. The molecule has 1 N–H and O–H groups in total. The first-order valence-corrected chi connectivity index (χ1v) is 5.73. The van der Waals surface area contributed by atoms with Crippen LogP contribution in [0.5, 0.6) is 0 Å². The van der Waals surface area contributed by atoms with Gasteiger partial charge in [0, 0.05) is 0 Å². The Kier molecular flexibility index (Phi) is 5.11. The Labute approximate surface area is 113 Å². The van der Waals surface area contributed by atoms with Crippen molar-refractivity contribution in [2.24, 2.45) is 0 Å². The fourth-order valence-electron chi connectivity index (χ4n) is 1.79. The van der Waals surface area contributed by atoms with Gasteiger partial charge in [-0.2, -0.15) is 18.4 Å². The summed E-state index contributed by atoms with van der Waals surface area (Å²) in [7, 11) is 0. The van der Waals surface area contributed by atoms with Gasteiger partial charge in [-0.25, -0.2) is 0 Å². The lowest BCUT2D eigenvalue weighted by molar-refractivity contribution is -0.143. The van der Waals surface area contributed by atoms with Crippen molar-refractivity contribution in [3.8, 4) is 6.07 Å². The Morgan fingerprint density at radius 2 is 2.00 bits per heavy atom. The second-order valence-electron chi connectivity index (χ2n) is 3.88. The Balaban J connectivity index is 3.39. The predicted octanol–water partition coefficient (Wildman–Crippen LogP) is 2.17. The fourth-order valence-corrected chi connectivity index (χ4v) is 1.79. The van der Waals surface area contributed by atoms with E-state index in [9.17, 15) is 18.0 Å². The van der Waals surface area contributed by atoms with E-state index < -0.39 is 36.3 Å². The summed E-state index contributed by atoms with van der Waals surface area (Å²) in [6.45, 7) is 0.907. The number of hydrogen-bond acceptors (Lipinski definition) is 4. The Morgan fingerprint density at radius 3 is 2.45 bits per heavy atom. The van der Waals surface area contributed by atoms with Crippen LogP contribution in [-0.2, 0) is 28.7 Å². The molecule has 1 aromatic carbocycles. The number of ether oxygens (including phenoxy) is 1. The lowest BCUT2D eigenvalue weighted by atomic mass is 9.94. The van der Waals surface area contributed by atoms with Crippen molar-refractivity contribution >= 4 is 5.97 Å². The highest BCUT2D eigenvalue weighted by molar-refractivity contribution is 5.73. The third-order valence-corrected chi connectivity index (χ3v) is 2.58. The zero-order chi connectivity index (χ0) is 15.3. The van der Waals surface area contributed by atoms with E-state index in [4.69, 9.17) is 10.4 Å². The van der Waals surface area contributed by atoms with Crippen LogP contribution in [0, 0.1) is 11.3 Å². The summed E-state index contributed by atoms with van der Waals surface area (Å²) < 4.78 is 43.8. The second kappa shape index (κ2) is 6.39. The lowest BCUT2D eigenvalue weighted by Gasteiger charge is -2.16. The third-order valence-electron chi connectivity index (χ3n) is 2.58. The summed E-state index contributed by atoms with van der Waals surface area (Å²) in [5.74, 6) is -0.807. The molecule has 108 valence electrons. The first-order chi connectivity index (χ1) is 9.35. The lowest BCUT2D eigenvalue weighted by Crippen LogP contribution is -2.17. The first kappa shape index (κ1) is 16.0. The van der Waals surface area contributed by atoms with E-state index in [-0.39, 0.29) is 17.7 Å². The van der Waals surface area contributed by atoms with Crippen LogP contribution in [0.4, 0.5) is 13.2 Å². The van der Waals surface area contributed by atoms with Gasteiger partial charge in [0.1, 0.15) is 6.07 Å². The number of aliphatic hydroxyl groups excluding tert-OH is 1. The van der Waals surface area contributed by atoms with E-state index in [1.807, 2.05) is 0 Å². The molecule has 0 saturated heterocycles. The van der Waals surface area contributed by atoms with Crippen molar-refractivity contribution in [1.82, 2.24) is 0 Å². The van der Waals surface area contributed by atoms with Crippen molar-refractivity contribution in [2.45, 2.75) is 26.1 Å². The maximum atomic E-state index is 13.1. The molecule has 0 aliphatic carbocycles. The molecule has 20 heavy (non-hydrogen) atoms. The van der Waals surface area contributed by atoms with Crippen LogP contribution in [0.15, 0.2) is 12.1 Å². The molecule has 0 fully saturated rings. The van der Waals surface area contributed by atoms with Gasteiger partial charge in [0.05, 0.1) is 30.8 Å². The number of alkyl halides is 3. The van der Waals surface area contributed by atoms with Crippen LogP contribution in [0.25, 0.3) is 0 Å². The molecule has 0 amide bonds. The molecule has 0 atom stereocenters. The summed E-state index contributed by atoms with van der Waals surface area (Å²) in [6, 6.07) is 3.71. The van der Waals surface area contributed by atoms with Crippen LogP contribution in [-0.4, -0.2) is 17.7 Å². The Morgan fingerprint density at radius 1 is 1.40 bits per heavy atom. The third kappa shape index (κ3) is 3.48. The summed E-state index contributed by atoms with van der Waals surface area (Å²) in [5, 5.41) is 17.9. The molecule has 1 aromatic rings. The zero-order valence-corrected chi connectivity index (χ0v) is 10.6. The van der Waals surface area contributed by atoms with E-state index in [1.54, 1.807) is 0 Å². The van der Waals surface area contributed by atoms with Crippen molar-refractivity contribution in [3.63, 3.8) is 0 Å². The smallest absolute Gasteiger partial charge is 0.417 e. The summed E-state index contributed by atoms with van der Waals surface area (Å²) in [5.41, 5.74) is -2.33. The molecule has 0 spiro atoms. The highest BCUT2D eigenvalue weighted by Crippen LogP contribution is 2.36. The predicted molar refractivity (Wildman–Crippen MR) is 62.4 cm³/mol. The number of aliphatic hydroxyl groups is 1. The Bertz CT molecular complexity index is 547. The number of benzene rings is 1.